The van der Waals surface area contributed by atoms with Gasteiger partial charge in [0.2, 0.25) is 5.91 Å². The summed E-state index contributed by atoms with van der Waals surface area (Å²) in [7, 11) is 0. The fourth-order valence-electron chi connectivity index (χ4n) is 2.84. The molecule has 1 aromatic heterocycles. The zero-order chi connectivity index (χ0) is 14.4. The molecule has 1 saturated carbocycles. The van der Waals surface area contributed by atoms with Crippen LogP contribution in [0.1, 0.15) is 50.7 Å². The maximum atomic E-state index is 12.0. The maximum absolute atomic E-state index is 12.0. The fraction of sp³-hybridized carbons (Fsp3) is 0.600. The highest BCUT2D eigenvalue weighted by molar-refractivity contribution is 5.84. The van der Waals surface area contributed by atoms with Crippen LogP contribution in [0.5, 0.6) is 0 Å². The molecule has 1 amide bonds. The molecular weight excluding hydrogens is 258 g/mol. The van der Waals surface area contributed by atoms with Crippen molar-refractivity contribution in [2.24, 2.45) is 5.41 Å². The molecule has 0 atom stereocenters. The summed E-state index contributed by atoms with van der Waals surface area (Å²) >= 11 is 0. The molecule has 0 bridgehead atoms. The van der Waals surface area contributed by atoms with Gasteiger partial charge in [0.05, 0.1) is 18.2 Å². The van der Waals surface area contributed by atoms with Crippen LogP contribution in [0.2, 0.25) is 0 Å². The van der Waals surface area contributed by atoms with Crippen molar-refractivity contribution in [2.45, 2.75) is 51.5 Å². The third-order valence-electron chi connectivity index (χ3n) is 4.05. The van der Waals surface area contributed by atoms with Gasteiger partial charge >= 0.3 is 5.97 Å². The van der Waals surface area contributed by atoms with E-state index in [9.17, 15) is 14.7 Å². The third-order valence-corrected chi connectivity index (χ3v) is 4.05. The zero-order valence-corrected chi connectivity index (χ0v) is 11.6. The first kappa shape index (κ1) is 14.6. The first-order valence-corrected chi connectivity index (χ1v) is 7.15. The minimum Gasteiger partial charge on any atom is -0.481 e. The van der Waals surface area contributed by atoms with E-state index in [2.05, 4.69) is 5.32 Å². The van der Waals surface area contributed by atoms with Gasteiger partial charge in [0, 0.05) is 6.42 Å². The standard InChI is InChI=1S/C15H21NO4/c17-13(16-11-12-6-5-9-20-12)10-15(14(18)19)7-3-1-2-4-8-15/h5-6,9H,1-4,7-8,10-11H2,(H,16,17)(H,18,19). The number of hydrogen-bond acceptors (Lipinski definition) is 3. The molecule has 1 aromatic rings. The zero-order valence-electron chi connectivity index (χ0n) is 11.6. The highest BCUT2D eigenvalue weighted by atomic mass is 16.4. The summed E-state index contributed by atoms with van der Waals surface area (Å²) in [6, 6.07) is 3.53. The average molecular weight is 279 g/mol. The Morgan fingerprint density at radius 1 is 1.25 bits per heavy atom. The van der Waals surface area contributed by atoms with E-state index in [0.717, 1.165) is 25.7 Å². The summed E-state index contributed by atoms with van der Waals surface area (Å²) in [6.45, 7) is 0.307. The summed E-state index contributed by atoms with van der Waals surface area (Å²) in [4.78, 5) is 23.6. The smallest absolute Gasteiger partial charge is 0.310 e. The molecule has 0 radical (unpaired) electrons. The van der Waals surface area contributed by atoms with Crippen LogP contribution >= 0.6 is 0 Å². The minimum absolute atomic E-state index is 0.0586. The van der Waals surface area contributed by atoms with Gasteiger partial charge in [-0.2, -0.15) is 0 Å². The normalized spacial score (nSPS) is 18.2. The van der Waals surface area contributed by atoms with Crippen molar-refractivity contribution in [1.82, 2.24) is 5.32 Å². The van der Waals surface area contributed by atoms with E-state index in [0.29, 0.717) is 25.1 Å². The Bertz CT molecular complexity index is 444. The predicted octanol–water partition coefficient (Wildman–Crippen LogP) is 2.71. The lowest BCUT2D eigenvalue weighted by atomic mass is 9.77. The van der Waals surface area contributed by atoms with Crippen LogP contribution in [0.25, 0.3) is 0 Å². The lowest BCUT2D eigenvalue weighted by molar-refractivity contribution is -0.152. The van der Waals surface area contributed by atoms with Gasteiger partial charge in [0.25, 0.3) is 0 Å². The van der Waals surface area contributed by atoms with Gasteiger partial charge in [-0.1, -0.05) is 25.7 Å². The van der Waals surface area contributed by atoms with Crippen molar-refractivity contribution in [1.29, 1.82) is 0 Å². The van der Waals surface area contributed by atoms with Gasteiger partial charge in [-0.25, -0.2) is 0 Å². The molecule has 0 spiro atoms. The molecule has 0 unspecified atom stereocenters. The number of rotatable bonds is 5. The van der Waals surface area contributed by atoms with Gasteiger partial charge < -0.3 is 14.8 Å². The molecule has 1 fully saturated rings. The van der Waals surface area contributed by atoms with E-state index in [1.165, 1.54) is 0 Å². The molecule has 20 heavy (non-hydrogen) atoms. The van der Waals surface area contributed by atoms with Crippen molar-refractivity contribution in [3.8, 4) is 0 Å². The molecule has 110 valence electrons. The Morgan fingerprint density at radius 2 is 1.95 bits per heavy atom. The highest BCUT2D eigenvalue weighted by Gasteiger charge is 2.40. The quantitative estimate of drug-likeness (QED) is 0.812. The Kier molecular flexibility index (Phi) is 4.82. The second-order valence-corrected chi connectivity index (χ2v) is 5.53. The summed E-state index contributed by atoms with van der Waals surface area (Å²) in [5.41, 5.74) is -0.885. The first-order valence-electron chi connectivity index (χ1n) is 7.15. The predicted molar refractivity (Wildman–Crippen MR) is 72.9 cm³/mol. The molecule has 0 saturated heterocycles. The molecular formula is C15H21NO4. The SMILES string of the molecule is O=C(CC1(C(=O)O)CCCCCC1)NCc1ccco1. The lowest BCUT2D eigenvalue weighted by Gasteiger charge is -2.27. The molecule has 0 aromatic carbocycles. The Labute approximate surface area is 118 Å². The van der Waals surface area contributed by atoms with Crippen LogP contribution in [-0.2, 0) is 16.1 Å². The number of nitrogens with one attached hydrogen (secondary N) is 1. The third kappa shape index (κ3) is 3.62. The second kappa shape index (κ2) is 6.59. The lowest BCUT2D eigenvalue weighted by Crippen LogP contribution is -2.37. The van der Waals surface area contributed by atoms with E-state index in [1.807, 2.05) is 0 Å². The highest BCUT2D eigenvalue weighted by Crippen LogP contribution is 2.38. The molecule has 2 rings (SSSR count). The molecule has 1 aliphatic carbocycles. The number of carboxylic acid groups (broad SMARTS) is 1. The van der Waals surface area contributed by atoms with Crippen molar-refractivity contribution in [3.05, 3.63) is 24.2 Å². The molecule has 0 aliphatic heterocycles. The van der Waals surface area contributed by atoms with Crippen molar-refractivity contribution in [2.75, 3.05) is 0 Å². The summed E-state index contributed by atoms with van der Waals surface area (Å²) < 4.78 is 5.14. The van der Waals surface area contributed by atoms with Crippen LogP contribution in [0, 0.1) is 5.41 Å². The summed E-state index contributed by atoms with van der Waals surface area (Å²) in [6.07, 6.45) is 6.68. The summed E-state index contributed by atoms with van der Waals surface area (Å²) in [5, 5.41) is 12.3. The molecule has 5 nitrogen and oxygen atoms in total. The van der Waals surface area contributed by atoms with E-state index in [4.69, 9.17) is 4.42 Å². The van der Waals surface area contributed by atoms with Gasteiger partial charge in [-0.05, 0) is 25.0 Å². The van der Waals surface area contributed by atoms with Crippen molar-refractivity contribution < 1.29 is 19.1 Å². The van der Waals surface area contributed by atoms with Crippen molar-refractivity contribution in [3.63, 3.8) is 0 Å². The van der Waals surface area contributed by atoms with Crippen LogP contribution in [0.15, 0.2) is 22.8 Å². The van der Waals surface area contributed by atoms with E-state index in [1.54, 1.807) is 18.4 Å². The number of carbonyl (C=O) groups is 2. The molecule has 2 N–H and O–H groups in total. The number of amides is 1. The average Bonchev–Trinajstić information content (AvgIpc) is 2.82. The van der Waals surface area contributed by atoms with E-state index < -0.39 is 11.4 Å². The number of hydrogen-bond donors (Lipinski definition) is 2. The van der Waals surface area contributed by atoms with Crippen LogP contribution in [-0.4, -0.2) is 17.0 Å². The van der Waals surface area contributed by atoms with Crippen LogP contribution in [0.4, 0.5) is 0 Å². The summed E-state index contributed by atoms with van der Waals surface area (Å²) in [5.74, 6) is -0.387. The van der Waals surface area contributed by atoms with Gasteiger partial charge in [0.1, 0.15) is 5.76 Å². The minimum atomic E-state index is -0.885. The maximum Gasteiger partial charge on any atom is 0.310 e. The van der Waals surface area contributed by atoms with Gasteiger partial charge in [0.15, 0.2) is 0 Å². The topological polar surface area (TPSA) is 79.5 Å². The Morgan fingerprint density at radius 3 is 2.50 bits per heavy atom. The van der Waals surface area contributed by atoms with Crippen LogP contribution in [0.3, 0.4) is 0 Å². The largest absolute Gasteiger partial charge is 0.481 e. The monoisotopic (exact) mass is 279 g/mol. The van der Waals surface area contributed by atoms with E-state index >= 15 is 0 Å². The van der Waals surface area contributed by atoms with E-state index in [-0.39, 0.29) is 12.3 Å². The van der Waals surface area contributed by atoms with Crippen molar-refractivity contribution >= 4 is 11.9 Å². The number of carboxylic acids is 1. The second-order valence-electron chi connectivity index (χ2n) is 5.53. The Balaban J connectivity index is 1.93. The molecule has 5 heteroatoms. The fourth-order valence-corrected chi connectivity index (χ4v) is 2.84. The van der Waals surface area contributed by atoms with Crippen LogP contribution < -0.4 is 5.32 Å². The van der Waals surface area contributed by atoms with Gasteiger partial charge in [-0.3, -0.25) is 9.59 Å². The number of furan rings is 1. The number of aliphatic carboxylic acids is 1. The first-order chi connectivity index (χ1) is 9.62. The number of carbonyl (C=O) groups excluding carboxylic acids is 1. The Hall–Kier alpha value is -1.78. The molecule has 1 aliphatic rings. The van der Waals surface area contributed by atoms with Gasteiger partial charge in [-0.15, -0.1) is 0 Å². The molecule has 1 heterocycles.